The smallest absolute Gasteiger partial charge is 0.240 e. The number of hydrogen-bond donors (Lipinski definition) is 2. The predicted octanol–water partition coefficient (Wildman–Crippen LogP) is 2.12. The van der Waals surface area contributed by atoms with Crippen LogP contribution in [0, 0.1) is 0 Å². The third kappa shape index (κ3) is 3.17. The van der Waals surface area contributed by atoms with Crippen molar-refractivity contribution in [2.45, 2.75) is 33.4 Å². The summed E-state index contributed by atoms with van der Waals surface area (Å²) in [6.07, 6.45) is 1.86. The Hall–Kier alpha value is -2.30. The van der Waals surface area contributed by atoms with Gasteiger partial charge in [0.15, 0.2) is 0 Å². The molecule has 2 N–H and O–H groups in total. The molecular weight excluding hydrogens is 254 g/mol. The van der Waals surface area contributed by atoms with Crippen LogP contribution in [0.25, 0.3) is 10.9 Å². The molecule has 0 aliphatic rings. The molecule has 0 aliphatic heterocycles. The second kappa shape index (κ2) is 5.77. The van der Waals surface area contributed by atoms with Crippen molar-refractivity contribution in [3.05, 3.63) is 30.5 Å². The molecule has 0 radical (unpaired) electrons. The zero-order chi connectivity index (χ0) is 14.7. The van der Waals surface area contributed by atoms with Gasteiger partial charge in [-0.1, -0.05) is 6.07 Å². The number of nitrogens with one attached hydrogen (secondary N) is 2. The normalized spacial score (nSPS) is 10.8. The fourth-order valence-electron chi connectivity index (χ4n) is 2.18. The summed E-state index contributed by atoms with van der Waals surface area (Å²) >= 11 is 0. The fourth-order valence-corrected chi connectivity index (χ4v) is 2.18. The van der Waals surface area contributed by atoms with Gasteiger partial charge in [-0.15, -0.1) is 0 Å². The van der Waals surface area contributed by atoms with Crippen LogP contribution in [-0.4, -0.2) is 22.4 Å². The van der Waals surface area contributed by atoms with E-state index in [0.717, 1.165) is 16.6 Å². The molecular formula is C15H19N3O2. The molecule has 2 amide bonds. The first-order valence-electron chi connectivity index (χ1n) is 6.62. The van der Waals surface area contributed by atoms with Crippen molar-refractivity contribution < 1.29 is 9.59 Å². The number of rotatable bonds is 4. The highest BCUT2D eigenvalue weighted by Crippen LogP contribution is 2.24. The van der Waals surface area contributed by atoms with Gasteiger partial charge in [-0.2, -0.15) is 0 Å². The van der Waals surface area contributed by atoms with Crippen LogP contribution in [0.3, 0.4) is 0 Å². The van der Waals surface area contributed by atoms with Gasteiger partial charge in [0.05, 0.1) is 11.2 Å². The maximum absolute atomic E-state index is 11.8. The average molecular weight is 273 g/mol. The Balaban J connectivity index is 2.28. The number of anilines is 1. The summed E-state index contributed by atoms with van der Waals surface area (Å²) in [7, 11) is 0. The van der Waals surface area contributed by atoms with E-state index in [4.69, 9.17) is 0 Å². The van der Waals surface area contributed by atoms with Crippen molar-refractivity contribution in [1.82, 2.24) is 9.88 Å². The van der Waals surface area contributed by atoms with Crippen molar-refractivity contribution in [3.63, 3.8) is 0 Å². The molecule has 0 spiro atoms. The second-order valence-electron chi connectivity index (χ2n) is 5.09. The van der Waals surface area contributed by atoms with Gasteiger partial charge in [0.25, 0.3) is 0 Å². The summed E-state index contributed by atoms with van der Waals surface area (Å²) in [4.78, 5) is 23.0. The first kappa shape index (κ1) is 14.1. The summed E-state index contributed by atoms with van der Waals surface area (Å²) in [5, 5.41) is 6.59. The van der Waals surface area contributed by atoms with Crippen LogP contribution in [-0.2, 0) is 16.1 Å². The lowest BCUT2D eigenvalue weighted by Gasteiger charge is -2.10. The Morgan fingerprint density at radius 1 is 1.25 bits per heavy atom. The Labute approximate surface area is 118 Å². The van der Waals surface area contributed by atoms with Gasteiger partial charge in [0, 0.05) is 24.5 Å². The van der Waals surface area contributed by atoms with Gasteiger partial charge in [-0.05, 0) is 32.0 Å². The van der Waals surface area contributed by atoms with E-state index in [2.05, 4.69) is 10.6 Å². The van der Waals surface area contributed by atoms with E-state index in [1.54, 1.807) is 0 Å². The van der Waals surface area contributed by atoms with E-state index in [1.165, 1.54) is 6.92 Å². The highest BCUT2D eigenvalue weighted by atomic mass is 16.2. The molecule has 0 bridgehead atoms. The Morgan fingerprint density at radius 2 is 2.00 bits per heavy atom. The molecule has 0 unspecified atom stereocenters. The minimum atomic E-state index is -0.109. The summed E-state index contributed by atoms with van der Waals surface area (Å²) in [6.45, 7) is 5.61. The van der Waals surface area contributed by atoms with Gasteiger partial charge >= 0.3 is 0 Å². The molecule has 106 valence electrons. The number of amides is 2. The molecule has 2 aromatic rings. The first-order chi connectivity index (χ1) is 9.47. The summed E-state index contributed by atoms with van der Waals surface area (Å²) < 4.78 is 1.87. The number of hydrogen-bond acceptors (Lipinski definition) is 2. The van der Waals surface area contributed by atoms with Crippen LogP contribution in [0.2, 0.25) is 0 Å². The van der Waals surface area contributed by atoms with Crippen LogP contribution in [0.5, 0.6) is 0 Å². The van der Waals surface area contributed by atoms with Crippen LogP contribution in [0.4, 0.5) is 5.69 Å². The maximum Gasteiger partial charge on any atom is 0.240 e. The van der Waals surface area contributed by atoms with E-state index in [-0.39, 0.29) is 24.4 Å². The topological polar surface area (TPSA) is 63.1 Å². The molecule has 0 atom stereocenters. The molecule has 20 heavy (non-hydrogen) atoms. The van der Waals surface area contributed by atoms with E-state index in [9.17, 15) is 9.59 Å². The van der Waals surface area contributed by atoms with Crippen LogP contribution in [0.1, 0.15) is 20.8 Å². The molecule has 0 fully saturated rings. The van der Waals surface area contributed by atoms with Gasteiger partial charge < -0.3 is 15.2 Å². The van der Waals surface area contributed by atoms with E-state index in [0.29, 0.717) is 0 Å². The monoisotopic (exact) mass is 273 g/mol. The van der Waals surface area contributed by atoms with Gasteiger partial charge in [-0.25, -0.2) is 0 Å². The van der Waals surface area contributed by atoms with Crippen molar-refractivity contribution in [1.29, 1.82) is 0 Å². The number of fused-ring (bicyclic) bond motifs is 1. The molecule has 1 heterocycles. The molecule has 1 aromatic heterocycles. The highest BCUT2D eigenvalue weighted by molar-refractivity contribution is 6.01. The Bertz CT molecular complexity index is 644. The second-order valence-corrected chi connectivity index (χ2v) is 5.09. The molecule has 2 rings (SSSR count). The lowest BCUT2D eigenvalue weighted by atomic mass is 10.2. The quantitative estimate of drug-likeness (QED) is 0.896. The minimum absolute atomic E-state index is 0.0255. The van der Waals surface area contributed by atoms with Crippen LogP contribution >= 0.6 is 0 Å². The van der Waals surface area contributed by atoms with Crippen molar-refractivity contribution in [2.75, 3.05) is 5.32 Å². The third-order valence-electron chi connectivity index (χ3n) is 2.89. The van der Waals surface area contributed by atoms with E-state index < -0.39 is 0 Å². The lowest BCUT2D eigenvalue weighted by molar-refractivity contribution is -0.122. The van der Waals surface area contributed by atoms with Crippen molar-refractivity contribution in [3.8, 4) is 0 Å². The van der Waals surface area contributed by atoms with Gasteiger partial charge in [-0.3, -0.25) is 9.59 Å². The van der Waals surface area contributed by atoms with E-state index in [1.807, 2.05) is 48.9 Å². The number of carbonyl (C=O) groups is 2. The Morgan fingerprint density at radius 3 is 2.65 bits per heavy atom. The predicted molar refractivity (Wildman–Crippen MR) is 79.5 cm³/mol. The zero-order valence-corrected chi connectivity index (χ0v) is 11.9. The first-order valence-corrected chi connectivity index (χ1v) is 6.62. The SMILES string of the molecule is CC(=O)Nc1cccc2c1ccn2CC(=O)NC(C)C. The number of carbonyl (C=O) groups excluding carboxylic acids is 2. The van der Waals surface area contributed by atoms with Crippen LogP contribution in [0.15, 0.2) is 30.5 Å². The van der Waals surface area contributed by atoms with Crippen molar-refractivity contribution >= 4 is 28.4 Å². The molecule has 5 nitrogen and oxygen atoms in total. The largest absolute Gasteiger partial charge is 0.352 e. The number of benzene rings is 1. The molecule has 1 aromatic carbocycles. The van der Waals surface area contributed by atoms with Gasteiger partial charge in [0.1, 0.15) is 6.54 Å². The Kier molecular flexibility index (Phi) is 4.08. The molecule has 5 heteroatoms. The standard InChI is InChI=1S/C15H19N3O2/c1-10(2)16-15(20)9-18-8-7-12-13(17-11(3)19)5-4-6-14(12)18/h4-8,10H,9H2,1-3H3,(H,16,20)(H,17,19). The lowest BCUT2D eigenvalue weighted by Crippen LogP contribution is -2.32. The van der Waals surface area contributed by atoms with Crippen LogP contribution < -0.4 is 10.6 Å². The molecule has 0 saturated heterocycles. The molecule has 0 aliphatic carbocycles. The average Bonchev–Trinajstić information content (AvgIpc) is 2.72. The number of aromatic nitrogens is 1. The highest BCUT2D eigenvalue weighted by Gasteiger charge is 2.09. The minimum Gasteiger partial charge on any atom is -0.352 e. The number of nitrogens with zero attached hydrogens (tertiary/aromatic N) is 1. The third-order valence-corrected chi connectivity index (χ3v) is 2.89. The van der Waals surface area contributed by atoms with Crippen molar-refractivity contribution in [2.24, 2.45) is 0 Å². The zero-order valence-electron chi connectivity index (χ0n) is 11.9. The summed E-state index contributed by atoms with van der Waals surface area (Å²) in [5.41, 5.74) is 1.69. The molecule has 0 saturated carbocycles. The van der Waals surface area contributed by atoms with E-state index >= 15 is 0 Å². The summed E-state index contributed by atoms with van der Waals surface area (Å²) in [6, 6.07) is 7.68. The van der Waals surface area contributed by atoms with Gasteiger partial charge in [0.2, 0.25) is 11.8 Å². The summed E-state index contributed by atoms with van der Waals surface area (Å²) in [5.74, 6) is -0.134. The fraction of sp³-hybridized carbons (Fsp3) is 0.333. The maximum atomic E-state index is 11.8.